The Kier molecular flexibility index (Phi) is 5.88. The maximum Gasteiger partial charge on any atom is 0.278 e. The maximum atomic E-state index is 13.4. The van der Waals surface area contributed by atoms with Crippen molar-refractivity contribution in [3.8, 4) is 5.75 Å². The van der Waals surface area contributed by atoms with Gasteiger partial charge in [-0.05, 0) is 56.4 Å². The van der Waals surface area contributed by atoms with Crippen molar-refractivity contribution in [1.29, 1.82) is 0 Å². The van der Waals surface area contributed by atoms with E-state index in [0.29, 0.717) is 11.3 Å². The van der Waals surface area contributed by atoms with Gasteiger partial charge in [0.25, 0.3) is 11.8 Å². The molecule has 2 aromatic carbocycles. The van der Waals surface area contributed by atoms with Crippen LogP contribution in [0.25, 0.3) is 5.57 Å². The number of likely N-dealkylation sites (tertiary alicyclic amines) is 1. The largest absolute Gasteiger partial charge is 0.491 e. The first-order valence-corrected chi connectivity index (χ1v) is 10.7. The highest BCUT2D eigenvalue weighted by molar-refractivity contribution is 6.35. The Labute approximate surface area is 177 Å². The number of amides is 2. The minimum absolute atomic E-state index is 0.0787. The minimum atomic E-state index is -0.220. The Morgan fingerprint density at radius 2 is 1.53 bits per heavy atom. The molecule has 0 bridgehead atoms. The first-order chi connectivity index (χ1) is 14.5. The predicted octanol–water partition coefficient (Wildman–Crippen LogP) is 4.24. The fraction of sp³-hybridized carbons (Fsp3) is 0.360. The van der Waals surface area contributed by atoms with Crippen LogP contribution in [0.2, 0.25) is 0 Å². The molecule has 0 saturated carbocycles. The third-order valence-electron chi connectivity index (χ3n) is 5.51. The van der Waals surface area contributed by atoms with Gasteiger partial charge in [0.2, 0.25) is 0 Å². The summed E-state index contributed by atoms with van der Waals surface area (Å²) in [7, 11) is 0. The van der Waals surface area contributed by atoms with E-state index in [1.54, 1.807) is 0 Å². The lowest BCUT2D eigenvalue weighted by Gasteiger charge is -2.29. The van der Waals surface area contributed by atoms with Gasteiger partial charge < -0.3 is 9.64 Å². The van der Waals surface area contributed by atoms with Crippen molar-refractivity contribution in [3.05, 3.63) is 71.4 Å². The topological polar surface area (TPSA) is 49.9 Å². The monoisotopic (exact) mass is 404 g/mol. The zero-order valence-electron chi connectivity index (χ0n) is 17.6. The van der Waals surface area contributed by atoms with Crippen molar-refractivity contribution < 1.29 is 14.3 Å². The summed E-state index contributed by atoms with van der Waals surface area (Å²) in [6.07, 6.45) is 3.32. The van der Waals surface area contributed by atoms with Crippen LogP contribution in [0.1, 0.15) is 44.2 Å². The SMILES string of the molecule is CC(C)Oc1ccc(C2=C(N3CCCCC3)C(=O)N(Cc3ccccc3)C2=O)cc1. The number of hydrogen-bond donors (Lipinski definition) is 0. The molecule has 2 aliphatic heterocycles. The molecule has 2 amide bonds. The van der Waals surface area contributed by atoms with Crippen LogP contribution in [0.15, 0.2) is 60.3 Å². The van der Waals surface area contributed by atoms with Gasteiger partial charge in [-0.3, -0.25) is 14.5 Å². The average Bonchev–Trinajstić information content (AvgIpc) is 3.00. The van der Waals surface area contributed by atoms with Crippen LogP contribution in [0, 0.1) is 0 Å². The Balaban J connectivity index is 1.69. The van der Waals surface area contributed by atoms with E-state index in [-0.39, 0.29) is 24.5 Å². The Bertz CT molecular complexity index is 942. The average molecular weight is 405 g/mol. The third-order valence-corrected chi connectivity index (χ3v) is 5.51. The van der Waals surface area contributed by atoms with Crippen molar-refractivity contribution in [2.45, 2.75) is 45.8 Å². The molecule has 30 heavy (non-hydrogen) atoms. The summed E-state index contributed by atoms with van der Waals surface area (Å²) < 4.78 is 5.73. The number of carbonyl (C=O) groups is 2. The fourth-order valence-electron chi connectivity index (χ4n) is 4.12. The highest BCUT2D eigenvalue weighted by Crippen LogP contribution is 2.34. The number of hydrogen-bond acceptors (Lipinski definition) is 4. The highest BCUT2D eigenvalue weighted by Gasteiger charge is 2.41. The number of carbonyl (C=O) groups excluding carboxylic acids is 2. The van der Waals surface area contributed by atoms with E-state index < -0.39 is 0 Å². The van der Waals surface area contributed by atoms with Crippen molar-refractivity contribution in [3.63, 3.8) is 0 Å². The van der Waals surface area contributed by atoms with E-state index in [1.165, 1.54) is 4.90 Å². The van der Waals surface area contributed by atoms with E-state index >= 15 is 0 Å². The Morgan fingerprint density at radius 1 is 0.867 bits per heavy atom. The van der Waals surface area contributed by atoms with Gasteiger partial charge in [-0.2, -0.15) is 0 Å². The molecule has 2 aromatic rings. The third kappa shape index (κ3) is 4.11. The molecule has 156 valence electrons. The number of benzene rings is 2. The molecule has 0 N–H and O–H groups in total. The second-order valence-electron chi connectivity index (χ2n) is 8.14. The van der Waals surface area contributed by atoms with Gasteiger partial charge in [-0.15, -0.1) is 0 Å². The molecule has 0 aliphatic carbocycles. The van der Waals surface area contributed by atoms with Gasteiger partial charge in [0.05, 0.1) is 18.2 Å². The van der Waals surface area contributed by atoms with E-state index in [2.05, 4.69) is 4.90 Å². The van der Waals surface area contributed by atoms with Crippen LogP contribution in [0.4, 0.5) is 0 Å². The number of rotatable bonds is 6. The molecular formula is C25H28N2O3. The van der Waals surface area contributed by atoms with Crippen molar-refractivity contribution in [1.82, 2.24) is 9.80 Å². The quantitative estimate of drug-likeness (QED) is 0.676. The summed E-state index contributed by atoms with van der Waals surface area (Å²) in [6, 6.07) is 17.2. The van der Waals surface area contributed by atoms with Crippen molar-refractivity contribution >= 4 is 17.4 Å². The number of ether oxygens (including phenoxy) is 1. The maximum absolute atomic E-state index is 13.4. The molecule has 0 radical (unpaired) electrons. The van der Waals surface area contributed by atoms with Crippen molar-refractivity contribution in [2.24, 2.45) is 0 Å². The van der Waals surface area contributed by atoms with Crippen LogP contribution >= 0.6 is 0 Å². The molecule has 5 heteroatoms. The molecule has 0 spiro atoms. The lowest BCUT2D eigenvalue weighted by Crippen LogP contribution is -2.36. The molecule has 0 aromatic heterocycles. The lowest BCUT2D eigenvalue weighted by atomic mass is 10.0. The molecule has 2 heterocycles. The number of piperidine rings is 1. The fourth-order valence-corrected chi connectivity index (χ4v) is 4.12. The van der Waals surface area contributed by atoms with Crippen LogP contribution in [-0.2, 0) is 16.1 Å². The van der Waals surface area contributed by atoms with Gasteiger partial charge >= 0.3 is 0 Å². The predicted molar refractivity (Wildman–Crippen MR) is 117 cm³/mol. The molecule has 4 rings (SSSR count). The number of nitrogens with zero attached hydrogens (tertiary/aromatic N) is 2. The van der Waals surface area contributed by atoms with Crippen LogP contribution < -0.4 is 4.74 Å². The second-order valence-corrected chi connectivity index (χ2v) is 8.14. The number of imide groups is 1. The standard InChI is InChI=1S/C25H28N2O3/c1-18(2)30-21-13-11-20(12-14-21)22-23(26-15-7-4-8-16-26)25(29)27(24(22)28)17-19-9-5-3-6-10-19/h3,5-6,9-14,18H,4,7-8,15-17H2,1-2H3. The van der Waals surface area contributed by atoms with Gasteiger partial charge in [0.1, 0.15) is 11.4 Å². The van der Waals surface area contributed by atoms with E-state index in [0.717, 1.165) is 49.2 Å². The molecule has 0 unspecified atom stereocenters. The van der Waals surface area contributed by atoms with Gasteiger partial charge in [-0.1, -0.05) is 42.5 Å². The molecular weight excluding hydrogens is 376 g/mol. The molecule has 5 nitrogen and oxygen atoms in total. The summed E-state index contributed by atoms with van der Waals surface area (Å²) in [4.78, 5) is 30.3. The molecule has 2 aliphatic rings. The summed E-state index contributed by atoms with van der Waals surface area (Å²) in [5.74, 6) is 0.344. The summed E-state index contributed by atoms with van der Waals surface area (Å²) in [5, 5.41) is 0. The first-order valence-electron chi connectivity index (χ1n) is 10.7. The second kappa shape index (κ2) is 8.74. The summed E-state index contributed by atoms with van der Waals surface area (Å²) in [5.41, 5.74) is 2.77. The van der Waals surface area contributed by atoms with Gasteiger partial charge in [-0.25, -0.2) is 0 Å². The van der Waals surface area contributed by atoms with Gasteiger partial charge in [0.15, 0.2) is 0 Å². The van der Waals surface area contributed by atoms with E-state index in [4.69, 9.17) is 4.74 Å². The van der Waals surface area contributed by atoms with Crippen molar-refractivity contribution in [2.75, 3.05) is 13.1 Å². The summed E-state index contributed by atoms with van der Waals surface area (Å²) >= 11 is 0. The first kappa shape index (κ1) is 20.2. The highest BCUT2D eigenvalue weighted by atomic mass is 16.5. The van der Waals surface area contributed by atoms with E-state index in [9.17, 15) is 9.59 Å². The normalized spacial score (nSPS) is 17.3. The van der Waals surface area contributed by atoms with Crippen LogP contribution in [0.5, 0.6) is 5.75 Å². The molecule has 1 saturated heterocycles. The van der Waals surface area contributed by atoms with Crippen LogP contribution in [0.3, 0.4) is 0 Å². The van der Waals surface area contributed by atoms with Gasteiger partial charge in [0, 0.05) is 13.1 Å². The smallest absolute Gasteiger partial charge is 0.278 e. The molecule has 1 fully saturated rings. The molecule has 0 atom stereocenters. The Morgan fingerprint density at radius 3 is 2.17 bits per heavy atom. The lowest BCUT2D eigenvalue weighted by molar-refractivity contribution is -0.138. The minimum Gasteiger partial charge on any atom is -0.491 e. The zero-order chi connectivity index (χ0) is 21.1. The zero-order valence-corrected chi connectivity index (χ0v) is 17.6. The van der Waals surface area contributed by atoms with Crippen LogP contribution in [-0.4, -0.2) is 40.8 Å². The Hall–Kier alpha value is -3.08. The summed E-state index contributed by atoms with van der Waals surface area (Å²) in [6.45, 7) is 5.86. The van der Waals surface area contributed by atoms with E-state index in [1.807, 2.05) is 68.4 Å².